The molecule has 3 N–H and O–H groups in total. The second-order valence-electron chi connectivity index (χ2n) is 8.18. The summed E-state index contributed by atoms with van der Waals surface area (Å²) in [7, 11) is 0. The van der Waals surface area contributed by atoms with Crippen LogP contribution in [0.3, 0.4) is 0 Å². The fourth-order valence-corrected chi connectivity index (χ4v) is 5.22. The molecule has 0 bridgehead atoms. The topological polar surface area (TPSA) is 52.5 Å². The number of rotatable bonds is 4. The molecule has 0 radical (unpaired) electrons. The van der Waals surface area contributed by atoms with Crippen molar-refractivity contribution in [2.45, 2.75) is 38.2 Å². The van der Waals surface area contributed by atoms with Gasteiger partial charge in [0.2, 0.25) is 0 Å². The minimum absolute atomic E-state index is 0.270. The molecule has 0 aromatic heterocycles. The van der Waals surface area contributed by atoms with Crippen molar-refractivity contribution in [1.82, 2.24) is 5.32 Å². The van der Waals surface area contributed by atoms with E-state index >= 15 is 0 Å². The first-order valence-corrected chi connectivity index (χ1v) is 9.85. The summed E-state index contributed by atoms with van der Waals surface area (Å²) in [5.41, 5.74) is 2.44. The van der Waals surface area contributed by atoms with Gasteiger partial charge < -0.3 is 15.5 Å². The molecular weight excluding hydrogens is 322 g/mol. The fourth-order valence-electron chi connectivity index (χ4n) is 5.22. The highest BCUT2D eigenvalue weighted by molar-refractivity contribution is 5.36. The minimum Gasteiger partial charge on any atom is -0.508 e. The number of hydrogen-bond donors (Lipinski definition) is 3. The van der Waals surface area contributed by atoms with Gasteiger partial charge in [-0.05, 0) is 85.9 Å². The number of phenolic OH excluding ortho intramolecular Hbond substituents is 1. The first-order valence-electron chi connectivity index (χ1n) is 9.85. The molecule has 1 saturated heterocycles. The summed E-state index contributed by atoms with van der Waals surface area (Å²) in [6, 6.07) is 15.6. The van der Waals surface area contributed by atoms with E-state index in [-0.39, 0.29) is 5.75 Å². The van der Waals surface area contributed by atoms with Crippen LogP contribution >= 0.6 is 0 Å². The molecule has 2 aliphatic rings. The van der Waals surface area contributed by atoms with Crippen molar-refractivity contribution in [3.05, 3.63) is 65.2 Å². The van der Waals surface area contributed by atoms with Gasteiger partial charge in [0.05, 0.1) is 5.60 Å². The van der Waals surface area contributed by atoms with Crippen molar-refractivity contribution in [2.24, 2.45) is 17.8 Å². The van der Waals surface area contributed by atoms with Crippen molar-refractivity contribution < 1.29 is 10.2 Å². The highest BCUT2D eigenvalue weighted by atomic mass is 16.3. The number of nitrogens with one attached hydrogen (secondary N) is 1. The Morgan fingerprint density at radius 3 is 2.54 bits per heavy atom. The molecule has 2 aromatic rings. The molecule has 26 heavy (non-hydrogen) atoms. The van der Waals surface area contributed by atoms with Gasteiger partial charge >= 0.3 is 0 Å². The number of fused-ring (bicyclic) bond motifs is 1. The normalized spacial score (nSPS) is 27.7. The van der Waals surface area contributed by atoms with Crippen LogP contribution in [0.15, 0.2) is 48.5 Å². The Hall–Kier alpha value is -1.84. The summed E-state index contributed by atoms with van der Waals surface area (Å²) in [5.74, 6) is 1.89. The van der Waals surface area contributed by atoms with Gasteiger partial charge in [-0.25, -0.2) is 0 Å². The maximum atomic E-state index is 12.1. The molecule has 2 aromatic carbocycles. The van der Waals surface area contributed by atoms with Gasteiger partial charge in [0, 0.05) is 6.42 Å². The lowest BCUT2D eigenvalue weighted by molar-refractivity contribution is -0.120. The van der Waals surface area contributed by atoms with E-state index < -0.39 is 5.60 Å². The zero-order valence-corrected chi connectivity index (χ0v) is 15.5. The molecule has 2 fully saturated rings. The van der Waals surface area contributed by atoms with Crippen molar-refractivity contribution in [3.63, 3.8) is 0 Å². The standard InChI is InChI=1S/C23H29NO2/c1-16-4-2-3-5-21(16)23(26,15-17-6-8-19(25)9-7-17)22-14-18-10-12-24-13-11-20(18)22/h2-9,18,20,22,24-26H,10-15H2,1H3. The predicted octanol–water partition coefficient (Wildman–Crippen LogP) is 3.77. The van der Waals surface area contributed by atoms with Crippen LogP contribution in [-0.2, 0) is 12.0 Å². The van der Waals surface area contributed by atoms with Gasteiger partial charge in [-0.2, -0.15) is 0 Å². The second kappa shape index (κ2) is 7.05. The predicted molar refractivity (Wildman–Crippen MR) is 104 cm³/mol. The number of aromatic hydroxyl groups is 1. The summed E-state index contributed by atoms with van der Waals surface area (Å²) in [6.07, 6.45) is 4.08. The zero-order valence-electron chi connectivity index (χ0n) is 15.5. The van der Waals surface area contributed by atoms with Crippen LogP contribution in [0.5, 0.6) is 5.75 Å². The quantitative estimate of drug-likeness (QED) is 0.786. The van der Waals surface area contributed by atoms with Crippen molar-refractivity contribution in [1.29, 1.82) is 0 Å². The highest BCUT2D eigenvalue weighted by Gasteiger charge is 2.52. The lowest BCUT2D eigenvalue weighted by atomic mass is 9.54. The maximum absolute atomic E-state index is 12.1. The van der Waals surface area contributed by atoms with Gasteiger partial charge in [0.25, 0.3) is 0 Å². The summed E-state index contributed by atoms with van der Waals surface area (Å²) in [5, 5.41) is 25.2. The van der Waals surface area contributed by atoms with Gasteiger partial charge in [-0.1, -0.05) is 36.4 Å². The largest absolute Gasteiger partial charge is 0.508 e. The van der Waals surface area contributed by atoms with Crippen LogP contribution < -0.4 is 5.32 Å². The van der Waals surface area contributed by atoms with Crippen LogP contribution in [0, 0.1) is 24.7 Å². The molecule has 0 amide bonds. The van der Waals surface area contributed by atoms with E-state index in [4.69, 9.17) is 0 Å². The molecule has 4 rings (SSSR count). The zero-order chi connectivity index (χ0) is 18.1. The Labute approximate surface area is 156 Å². The summed E-state index contributed by atoms with van der Waals surface area (Å²) in [6.45, 7) is 4.26. The molecule has 4 unspecified atom stereocenters. The molecule has 3 nitrogen and oxygen atoms in total. The monoisotopic (exact) mass is 351 g/mol. The van der Waals surface area contributed by atoms with E-state index in [1.54, 1.807) is 12.1 Å². The number of hydrogen-bond acceptors (Lipinski definition) is 3. The molecule has 1 saturated carbocycles. The van der Waals surface area contributed by atoms with Gasteiger partial charge in [-0.3, -0.25) is 0 Å². The number of aryl methyl sites for hydroxylation is 1. The fraction of sp³-hybridized carbons (Fsp3) is 0.478. The summed E-state index contributed by atoms with van der Waals surface area (Å²) in [4.78, 5) is 0. The Balaban J connectivity index is 1.70. The van der Waals surface area contributed by atoms with Crippen molar-refractivity contribution >= 4 is 0 Å². The van der Waals surface area contributed by atoms with E-state index in [1.807, 2.05) is 24.3 Å². The smallest absolute Gasteiger partial charge is 0.115 e. The lowest BCUT2D eigenvalue weighted by Gasteiger charge is -2.53. The Bertz CT molecular complexity index is 757. The van der Waals surface area contributed by atoms with Crippen LogP contribution in [0.1, 0.15) is 36.0 Å². The molecule has 0 spiro atoms. The van der Waals surface area contributed by atoms with E-state index in [2.05, 4.69) is 24.4 Å². The lowest BCUT2D eigenvalue weighted by Crippen LogP contribution is -2.51. The van der Waals surface area contributed by atoms with Crippen molar-refractivity contribution in [3.8, 4) is 5.75 Å². The third-order valence-corrected chi connectivity index (χ3v) is 6.66. The SMILES string of the molecule is Cc1ccccc1C(O)(Cc1ccc(O)cc1)C1CC2CCNCCC21. The van der Waals surface area contributed by atoms with E-state index in [9.17, 15) is 10.2 Å². The first-order chi connectivity index (χ1) is 12.6. The number of phenols is 1. The summed E-state index contributed by atoms with van der Waals surface area (Å²) < 4.78 is 0. The molecule has 138 valence electrons. The van der Waals surface area contributed by atoms with Crippen LogP contribution in [0.4, 0.5) is 0 Å². The molecule has 4 atom stereocenters. The maximum Gasteiger partial charge on any atom is 0.115 e. The minimum atomic E-state index is -0.853. The Morgan fingerprint density at radius 1 is 1.04 bits per heavy atom. The summed E-state index contributed by atoms with van der Waals surface area (Å²) >= 11 is 0. The highest BCUT2D eigenvalue weighted by Crippen LogP contribution is 2.54. The second-order valence-corrected chi connectivity index (χ2v) is 8.18. The van der Waals surface area contributed by atoms with E-state index in [1.165, 1.54) is 6.42 Å². The van der Waals surface area contributed by atoms with Crippen LogP contribution in [0.25, 0.3) is 0 Å². The van der Waals surface area contributed by atoms with E-state index in [0.717, 1.165) is 48.5 Å². The molecule has 1 heterocycles. The number of benzene rings is 2. The molecular formula is C23H29NO2. The van der Waals surface area contributed by atoms with E-state index in [0.29, 0.717) is 18.3 Å². The van der Waals surface area contributed by atoms with Gasteiger partial charge in [0.15, 0.2) is 0 Å². The van der Waals surface area contributed by atoms with Crippen molar-refractivity contribution in [2.75, 3.05) is 13.1 Å². The third kappa shape index (κ3) is 3.15. The van der Waals surface area contributed by atoms with Crippen LogP contribution in [-0.4, -0.2) is 23.3 Å². The first kappa shape index (κ1) is 17.6. The van der Waals surface area contributed by atoms with Gasteiger partial charge in [-0.15, -0.1) is 0 Å². The average Bonchev–Trinajstić information content (AvgIpc) is 2.79. The number of aliphatic hydroxyl groups is 1. The molecule has 1 aliphatic carbocycles. The third-order valence-electron chi connectivity index (χ3n) is 6.66. The molecule has 1 aliphatic heterocycles. The van der Waals surface area contributed by atoms with Crippen LogP contribution in [0.2, 0.25) is 0 Å². The average molecular weight is 351 g/mol. The Kier molecular flexibility index (Phi) is 4.76. The van der Waals surface area contributed by atoms with Gasteiger partial charge in [0.1, 0.15) is 5.75 Å². The Morgan fingerprint density at radius 2 is 1.77 bits per heavy atom. The molecule has 3 heteroatoms.